The van der Waals surface area contributed by atoms with Gasteiger partial charge in [0.1, 0.15) is 6.04 Å². The van der Waals surface area contributed by atoms with Crippen LogP contribution < -0.4 is 5.32 Å². The molecule has 2 rings (SSSR count). The van der Waals surface area contributed by atoms with Crippen LogP contribution in [-0.2, 0) is 14.3 Å². The maximum atomic E-state index is 12.0. The van der Waals surface area contributed by atoms with Crippen molar-refractivity contribution in [1.29, 1.82) is 0 Å². The van der Waals surface area contributed by atoms with Gasteiger partial charge in [-0.1, -0.05) is 20.3 Å². The Morgan fingerprint density at radius 1 is 1.53 bits per heavy atom. The number of carbonyl (C=O) groups excluding carboxylic acids is 2. The monoisotopic (exact) mass is 240 g/mol. The molecular formula is C12H20N2O3. The smallest absolute Gasteiger partial charge is 0.243 e. The van der Waals surface area contributed by atoms with Gasteiger partial charge in [0.15, 0.2) is 0 Å². The van der Waals surface area contributed by atoms with E-state index in [4.69, 9.17) is 4.74 Å². The summed E-state index contributed by atoms with van der Waals surface area (Å²) in [7, 11) is 0. The molecule has 5 heteroatoms. The summed E-state index contributed by atoms with van der Waals surface area (Å²) >= 11 is 0. The van der Waals surface area contributed by atoms with Crippen LogP contribution in [0.2, 0.25) is 0 Å². The van der Waals surface area contributed by atoms with Gasteiger partial charge in [0.2, 0.25) is 11.8 Å². The van der Waals surface area contributed by atoms with Crippen molar-refractivity contribution in [2.45, 2.75) is 38.8 Å². The van der Waals surface area contributed by atoms with Gasteiger partial charge < -0.3 is 15.0 Å². The second-order valence-electron chi connectivity index (χ2n) is 4.87. The summed E-state index contributed by atoms with van der Waals surface area (Å²) in [6, 6.07) is -0.250. The zero-order valence-electron chi connectivity index (χ0n) is 10.4. The van der Waals surface area contributed by atoms with Crippen LogP contribution in [0.15, 0.2) is 0 Å². The number of carbonyl (C=O) groups is 2. The molecule has 0 aromatic heterocycles. The van der Waals surface area contributed by atoms with Crippen molar-refractivity contribution in [1.82, 2.24) is 10.2 Å². The molecule has 0 bridgehead atoms. The van der Waals surface area contributed by atoms with Crippen LogP contribution in [0.1, 0.15) is 26.7 Å². The normalized spacial score (nSPS) is 31.5. The quantitative estimate of drug-likeness (QED) is 0.764. The number of rotatable bonds is 3. The van der Waals surface area contributed by atoms with Gasteiger partial charge in [-0.15, -0.1) is 0 Å². The minimum atomic E-state index is -0.326. The average Bonchev–Trinajstić information content (AvgIpc) is 2.84. The van der Waals surface area contributed by atoms with Crippen molar-refractivity contribution in [3.63, 3.8) is 0 Å². The Balaban J connectivity index is 2.21. The summed E-state index contributed by atoms with van der Waals surface area (Å²) in [5.74, 6) is 0.177. The topological polar surface area (TPSA) is 58.6 Å². The van der Waals surface area contributed by atoms with Crippen LogP contribution in [-0.4, -0.2) is 48.6 Å². The maximum Gasteiger partial charge on any atom is 0.243 e. The Kier molecular flexibility index (Phi) is 3.66. The maximum absolute atomic E-state index is 12.0. The van der Waals surface area contributed by atoms with Gasteiger partial charge in [-0.25, -0.2) is 0 Å². The Hall–Kier alpha value is -1.10. The van der Waals surface area contributed by atoms with Gasteiger partial charge in [-0.3, -0.25) is 9.59 Å². The molecule has 0 aromatic rings. The number of hydrogen-bond donors (Lipinski definition) is 1. The molecule has 0 aromatic carbocycles. The van der Waals surface area contributed by atoms with E-state index in [-0.39, 0.29) is 36.4 Å². The molecule has 2 amide bonds. The highest BCUT2D eigenvalue weighted by atomic mass is 16.5. The van der Waals surface area contributed by atoms with Crippen molar-refractivity contribution in [2.75, 3.05) is 19.8 Å². The molecule has 3 unspecified atom stereocenters. The van der Waals surface area contributed by atoms with Crippen LogP contribution in [0.3, 0.4) is 0 Å². The fraction of sp³-hybridized carbons (Fsp3) is 0.833. The Labute approximate surface area is 101 Å². The highest BCUT2D eigenvalue weighted by molar-refractivity contribution is 5.95. The van der Waals surface area contributed by atoms with Gasteiger partial charge in [0, 0.05) is 6.61 Å². The highest BCUT2D eigenvalue weighted by Gasteiger charge is 2.42. The first-order valence-corrected chi connectivity index (χ1v) is 6.31. The van der Waals surface area contributed by atoms with E-state index in [1.165, 1.54) is 0 Å². The van der Waals surface area contributed by atoms with Gasteiger partial charge in [-0.2, -0.15) is 0 Å². The third-order valence-electron chi connectivity index (χ3n) is 3.75. The van der Waals surface area contributed by atoms with Crippen LogP contribution in [0.25, 0.3) is 0 Å². The van der Waals surface area contributed by atoms with E-state index >= 15 is 0 Å². The first kappa shape index (κ1) is 12.4. The van der Waals surface area contributed by atoms with Gasteiger partial charge >= 0.3 is 0 Å². The summed E-state index contributed by atoms with van der Waals surface area (Å²) in [5.41, 5.74) is 0. The van der Waals surface area contributed by atoms with Gasteiger partial charge in [-0.05, 0) is 12.3 Å². The molecule has 2 heterocycles. The van der Waals surface area contributed by atoms with Crippen molar-refractivity contribution >= 4 is 11.8 Å². The summed E-state index contributed by atoms with van der Waals surface area (Å²) in [4.78, 5) is 25.7. The van der Waals surface area contributed by atoms with E-state index in [0.29, 0.717) is 13.2 Å². The first-order chi connectivity index (χ1) is 8.15. The zero-order valence-corrected chi connectivity index (χ0v) is 10.4. The van der Waals surface area contributed by atoms with Crippen LogP contribution in [0.5, 0.6) is 0 Å². The van der Waals surface area contributed by atoms with Crippen LogP contribution in [0, 0.1) is 5.92 Å². The molecule has 2 saturated heterocycles. The van der Waals surface area contributed by atoms with Crippen molar-refractivity contribution in [3.8, 4) is 0 Å². The largest absolute Gasteiger partial charge is 0.379 e. The second kappa shape index (κ2) is 5.04. The fourth-order valence-electron chi connectivity index (χ4n) is 2.57. The summed E-state index contributed by atoms with van der Waals surface area (Å²) in [5, 5.41) is 2.68. The standard InChI is InChI=1S/C12H20N2O3/c1-3-8(2)11-12(16)13-6-10(15)14(11)9-4-5-17-7-9/h8-9,11H,3-7H2,1-2H3,(H,13,16). The molecule has 2 fully saturated rings. The summed E-state index contributed by atoms with van der Waals surface area (Å²) in [6.45, 7) is 5.43. The molecule has 17 heavy (non-hydrogen) atoms. The molecule has 0 aliphatic carbocycles. The number of ether oxygens (including phenoxy) is 1. The molecule has 0 radical (unpaired) electrons. The lowest BCUT2D eigenvalue weighted by Gasteiger charge is -2.41. The highest BCUT2D eigenvalue weighted by Crippen LogP contribution is 2.24. The molecular weight excluding hydrogens is 220 g/mol. The molecule has 2 aliphatic rings. The van der Waals surface area contributed by atoms with E-state index < -0.39 is 0 Å². The minimum Gasteiger partial charge on any atom is -0.379 e. The van der Waals surface area contributed by atoms with E-state index in [0.717, 1.165) is 12.8 Å². The number of amides is 2. The zero-order chi connectivity index (χ0) is 12.4. The number of nitrogens with one attached hydrogen (secondary N) is 1. The van der Waals surface area contributed by atoms with E-state index in [9.17, 15) is 9.59 Å². The first-order valence-electron chi connectivity index (χ1n) is 6.31. The van der Waals surface area contributed by atoms with Crippen LogP contribution >= 0.6 is 0 Å². The third kappa shape index (κ3) is 2.29. The predicted molar refractivity (Wildman–Crippen MR) is 62.3 cm³/mol. The van der Waals surface area contributed by atoms with E-state index in [2.05, 4.69) is 5.32 Å². The van der Waals surface area contributed by atoms with Crippen molar-refractivity contribution < 1.29 is 14.3 Å². The average molecular weight is 240 g/mol. The predicted octanol–water partition coefficient (Wildman–Crippen LogP) is 0.148. The van der Waals surface area contributed by atoms with Crippen LogP contribution in [0.4, 0.5) is 0 Å². The lowest BCUT2D eigenvalue weighted by Crippen LogP contribution is -2.63. The molecule has 96 valence electrons. The van der Waals surface area contributed by atoms with Crippen molar-refractivity contribution in [3.05, 3.63) is 0 Å². The van der Waals surface area contributed by atoms with E-state index in [1.54, 1.807) is 4.90 Å². The summed E-state index contributed by atoms with van der Waals surface area (Å²) in [6.07, 6.45) is 1.72. The Morgan fingerprint density at radius 2 is 2.29 bits per heavy atom. The molecule has 2 aliphatic heterocycles. The lowest BCUT2D eigenvalue weighted by molar-refractivity contribution is -0.150. The number of piperazine rings is 1. The van der Waals surface area contributed by atoms with Gasteiger partial charge in [0.05, 0.1) is 19.2 Å². The Morgan fingerprint density at radius 3 is 2.88 bits per heavy atom. The van der Waals surface area contributed by atoms with Crippen molar-refractivity contribution in [2.24, 2.45) is 5.92 Å². The van der Waals surface area contributed by atoms with Gasteiger partial charge in [0.25, 0.3) is 0 Å². The molecule has 0 spiro atoms. The molecule has 1 N–H and O–H groups in total. The fourth-order valence-corrected chi connectivity index (χ4v) is 2.57. The third-order valence-corrected chi connectivity index (χ3v) is 3.75. The molecule has 0 saturated carbocycles. The number of nitrogens with zero attached hydrogens (tertiary/aromatic N) is 1. The number of hydrogen-bond acceptors (Lipinski definition) is 3. The lowest BCUT2D eigenvalue weighted by atomic mass is 9.93. The van der Waals surface area contributed by atoms with E-state index in [1.807, 2.05) is 13.8 Å². The molecule has 3 atom stereocenters. The Bertz CT molecular complexity index is 313. The molecule has 5 nitrogen and oxygen atoms in total. The SMILES string of the molecule is CCC(C)C1C(=O)NCC(=O)N1C1CCOC1. The summed E-state index contributed by atoms with van der Waals surface area (Å²) < 4.78 is 5.33. The second-order valence-corrected chi connectivity index (χ2v) is 4.87. The minimum absolute atomic E-state index is 0.0189.